The van der Waals surface area contributed by atoms with Gasteiger partial charge in [-0.2, -0.15) is 0 Å². The van der Waals surface area contributed by atoms with E-state index in [4.69, 9.17) is 23.2 Å². The second-order valence-electron chi connectivity index (χ2n) is 3.73. The first-order chi connectivity index (χ1) is 8.04. The molecule has 1 N–H and O–H groups in total. The van der Waals surface area contributed by atoms with E-state index in [9.17, 15) is 0 Å². The molecule has 0 unspecified atom stereocenters. The molecule has 0 radical (unpaired) electrons. The molecule has 1 heterocycles. The first kappa shape index (κ1) is 12.1. The largest absolute Gasteiger partial charge is 0.339 e. The van der Waals surface area contributed by atoms with Gasteiger partial charge in [0.25, 0.3) is 0 Å². The van der Waals surface area contributed by atoms with Crippen LogP contribution in [0.25, 0.3) is 0 Å². The van der Waals surface area contributed by atoms with Crippen LogP contribution in [0.1, 0.15) is 11.4 Å². The van der Waals surface area contributed by atoms with Gasteiger partial charge in [-0.25, -0.2) is 9.97 Å². The fourth-order valence-electron chi connectivity index (χ4n) is 1.47. The molecular formula is C12H11Cl2N3. The molecule has 0 aliphatic carbocycles. The summed E-state index contributed by atoms with van der Waals surface area (Å²) in [5.74, 6) is 1.25. The van der Waals surface area contributed by atoms with Crippen LogP contribution < -0.4 is 5.32 Å². The lowest BCUT2D eigenvalue weighted by Crippen LogP contribution is -1.98. The van der Waals surface area contributed by atoms with E-state index in [1.54, 1.807) is 13.0 Å². The fraction of sp³-hybridized carbons (Fsp3) is 0.167. The van der Waals surface area contributed by atoms with Crippen molar-refractivity contribution < 1.29 is 0 Å². The van der Waals surface area contributed by atoms with Gasteiger partial charge in [0, 0.05) is 6.07 Å². The molecule has 0 bridgehead atoms. The molecule has 2 rings (SSSR count). The first-order valence-electron chi connectivity index (χ1n) is 5.09. The van der Waals surface area contributed by atoms with Crippen LogP contribution >= 0.6 is 23.2 Å². The molecule has 0 aliphatic heterocycles. The summed E-state index contributed by atoms with van der Waals surface area (Å²) < 4.78 is 0. The summed E-state index contributed by atoms with van der Waals surface area (Å²) in [7, 11) is 0. The number of halogens is 2. The summed E-state index contributed by atoms with van der Waals surface area (Å²) in [6.07, 6.45) is 0. The van der Waals surface area contributed by atoms with E-state index in [2.05, 4.69) is 15.3 Å². The Labute approximate surface area is 110 Å². The Kier molecular flexibility index (Phi) is 3.50. The summed E-state index contributed by atoms with van der Waals surface area (Å²) in [5.41, 5.74) is 1.93. The Hall–Kier alpha value is -1.32. The molecule has 5 heteroatoms. The third-order valence-corrected chi connectivity index (χ3v) is 2.71. The highest BCUT2D eigenvalue weighted by atomic mass is 35.5. The van der Waals surface area contributed by atoms with Crippen molar-refractivity contribution in [3.05, 3.63) is 45.8 Å². The van der Waals surface area contributed by atoms with Gasteiger partial charge in [-0.3, -0.25) is 0 Å². The number of aromatic nitrogens is 2. The molecule has 3 nitrogen and oxygen atoms in total. The molecule has 0 aliphatic rings. The number of hydrogen-bond acceptors (Lipinski definition) is 3. The second-order valence-corrected chi connectivity index (χ2v) is 4.53. The smallest absolute Gasteiger partial charge is 0.135 e. The van der Waals surface area contributed by atoms with Crippen molar-refractivity contribution in [2.75, 3.05) is 5.32 Å². The Bertz CT molecular complexity index is 535. The molecule has 0 spiro atoms. The maximum atomic E-state index is 6.09. The molecule has 0 saturated heterocycles. The van der Waals surface area contributed by atoms with Crippen LogP contribution in [0.5, 0.6) is 0 Å². The zero-order chi connectivity index (χ0) is 12.4. The number of benzene rings is 1. The van der Waals surface area contributed by atoms with Crippen LogP contribution in [0.3, 0.4) is 0 Å². The number of anilines is 2. The predicted molar refractivity (Wildman–Crippen MR) is 71.3 cm³/mol. The van der Waals surface area contributed by atoms with Crippen molar-refractivity contribution in [2.45, 2.75) is 13.8 Å². The Balaban J connectivity index is 2.34. The zero-order valence-corrected chi connectivity index (χ0v) is 11.0. The third-order valence-electron chi connectivity index (χ3n) is 2.19. The lowest BCUT2D eigenvalue weighted by atomic mass is 10.2. The summed E-state index contributed by atoms with van der Waals surface area (Å²) in [6.45, 7) is 3.79. The molecule has 2 aromatic rings. The standard InChI is InChI=1S/C12H11Cl2N3/c1-7-3-4-9(13)10(5-7)17-12-6-11(14)15-8(2)16-12/h3-6H,1-2H3,(H,15,16,17). The van der Waals surface area contributed by atoms with Gasteiger partial charge in [0.15, 0.2) is 0 Å². The second kappa shape index (κ2) is 4.90. The summed E-state index contributed by atoms with van der Waals surface area (Å²) >= 11 is 12.0. The molecule has 0 saturated carbocycles. The van der Waals surface area contributed by atoms with E-state index >= 15 is 0 Å². The Morgan fingerprint density at radius 2 is 1.82 bits per heavy atom. The number of nitrogens with zero attached hydrogens (tertiary/aromatic N) is 2. The van der Waals surface area contributed by atoms with E-state index in [1.165, 1.54) is 0 Å². The molecule has 0 fully saturated rings. The molecule has 1 aromatic heterocycles. The number of hydrogen-bond donors (Lipinski definition) is 1. The average Bonchev–Trinajstić information content (AvgIpc) is 2.22. The van der Waals surface area contributed by atoms with Gasteiger partial charge < -0.3 is 5.32 Å². The number of nitrogens with one attached hydrogen (secondary N) is 1. The minimum Gasteiger partial charge on any atom is -0.339 e. The van der Waals surface area contributed by atoms with Crippen molar-refractivity contribution in [1.82, 2.24) is 9.97 Å². The van der Waals surface area contributed by atoms with Crippen molar-refractivity contribution in [1.29, 1.82) is 0 Å². The predicted octanol–water partition coefficient (Wildman–Crippen LogP) is 4.14. The minimum atomic E-state index is 0.406. The Morgan fingerprint density at radius 1 is 1.06 bits per heavy atom. The SMILES string of the molecule is Cc1ccc(Cl)c(Nc2cc(Cl)nc(C)n2)c1. The van der Waals surface area contributed by atoms with Crippen LogP contribution in [0.4, 0.5) is 11.5 Å². The highest BCUT2D eigenvalue weighted by Gasteiger charge is 2.04. The van der Waals surface area contributed by atoms with E-state index < -0.39 is 0 Å². The zero-order valence-electron chi connectivity index (χ0n) is 9.46. The lowest BCUT2D eigenvalue weighted by Gasteiger charge is -2.09. The topological polar surface area (TPSA) is 37.8 Å². The third kappa shape index (κ3) is 3.08. The maximum Gasteiger partial charge on any atom is 0.135 e. The van der Waals surface area contributed by atoms with Gasteiger partial charge in [-0.1, -0.05) is 29.3 Å². The van der Waals surface area contributed by atoms with Gasteiger partial charge in [0.1, 0.15) is 16.8 Å². The van der Waals surface area contributed by atoms with Crippen LogP contribution in [-0.2, 0) is 0 Å². The first-order valence-corrected chi connectivity index (χ1v) is 5.84. The van der Waals surface area contributed by atoms with E-state index in [0.717, 1.165) is 11.3 Å². The van der Waals surface area contributed by atoms with Crippen LogP contribution in [0.2, 0.25) is 10.2 Å². The summed E-state index contributed by atoms with van der Waals surface area (Å²) in [4.78, 5) is 8.23. The van der Waals surface area contributed by atoms with Gasteiger partial charge in [-0.15, -0.1) is 0 Å². The van der Waals surface area contributed by atoms with Crippen molar-refractivity contribution in [3.63, 3.8) is 0 Å². The van der Waals surface area contributed by atoms with E-state index in [1.807, 2.05) is 25.1 Å². The van der Waals surface area contributed by atoms with Crippen molar-refractivity contribution in [2.24, 2.45) is 0 Å². The van der Waals surface area contributed by atoms with Crippen LogP contribution in [0.15, 0.2) is 24.3 Å². The monoisotopic (exact) mass is 267 g/mol. The highest BCUT2D eigenvalue weighted by Crippen LogP contribution is 2.26. The molecule has 88 valence electrons. The van der Waals surface area contributed by atoms with E-state index in [-0.39, 0.29) is 0 Å². The van der Waals surface area contributed by atoms with E-state index in [0.29, 0.717) is 21.8 Å². The fourth-order valence-corrected chi connectivity index (χ4v) is 1.86. The Morgan fingerprint density at radius 3 is 2.53 bits per heavy atom. The van der Waals surface area contributed by atoms with Gasteiger partial charge in [0.05, 0.1) is 10.7 Å². The maximum absolute atomic E-state index is 6.09. The normalized spacial score (nSPS) is 10.4. The lowest BCUT2D eigenvalue weighted by molar-refractivity contribution is 1.06. The van der Waals surface area contributed by atoms with Crippen LogP contribution in [0, 0.1) is 13.8 Å². The molecule has 0 amide bonds. The number of aryl methyl sites for hydroxylation is 2. The van der Waals surface area contributed by atoms with Crippen molar-refractivity contribution >= 4 is 34.7 Å². The highest BCUT2D eigenvalue weighted by molar-refractivity contribution is 6.33. The number of rotatable bonds is 2. The van der Waals surface area contributed by atoms with Crippen LogP contribution in [-0.4, -0.2) is 9.97 Å². The summed E-state index contributed by atoms with van der Waals surface area (Å²) in [5, 5.41) is 4.18. The molecule has 1 aromatic carbocycles. The average molecular weight is 268 g/mol. The van der Waals surface area contributed by atoms with Gasteiger partial charge in [-0.05, 0) is 31.5 Å². The summed E-state index contributed by atoms with van der Waals surface area (Å²) in [6, 6.07) is 7.40. The minimum absolute atomic E-state index is 0.406. The van der Waals surface area contributed by atoms with Gasteiger partial charge >= 0.3 is 0 Å². The quantitative estimate of drug-likeness (QED) is 0.831. The van der Waals surface area contributed by atoms with Crippen molar-refractivity contribution in [3.8, 4) is 0 Å². The molecule has 0 atom stereocenters. The molecular weight excluding hydrogens is 257 g/mol. The molecule has 17 heavy (non-hydrogen) atoms. The van der Waals surface area contributed by atoms with Gasteiger partial charge in [0.2, 0.25) is 0 Å².